The Balaban J connectivity index is 2.16. The fourth-order valence-corrected chi connectivity index (χ4v) is 2.16. The largest absolute Gasteiger partial charge is 0.367 e. The van der Waals surface area contributed by atoms with Gasteiger partial charge in [-0.1, -0.05) is 6.07 Å². The van der Waals surface area contributed by atoms with Crippen molar-refractivity contribution in [2.75, 3.05) is 18.0 Å². The van der Waals surface area contributed by atoms with E-state index in [2.05, 4.69) is 16.0 Å². The summed E-state index contributed by atoms with van der Waals surface area (Å²) >= 11 is 0. The first kappa shape index (κ1) is 14.5. The number of benzene rings is 1. The first-order valence-electron chi connectivity index (χ1n) is 6.80. The first-order chi connectivity index (χ1) is 9.69. The number of pyridine rings is 1. The van der Waals surface area contributed by atoms with Crippen LogP contribution in [0.2, 0.25) is 0 Å². The van der Waals surface area contributed by atoms with E-state index in [0.717, 1.165) is 36.3 Å². The molecule has 0 spiro atoms. The number of rotatable bonds is 6. The van der Waals surface area contributed by atoms with Crippen molar-refractivity contribution in [3.05, 3.63) is 59.7 Å². The zero-order valence-corrected chi connectivity index (χ0v) is 11.7. The van der Waals surface area contributed by atoms with E-state index in [9.17, 15) is 4.39 Å². The lowest BCUT2D eigenvalue weighted by Crippen LogP contribution is -2.25. The van der Waals surface area contributed by atoms with Crippen molar-refractivity contribution in [1.29, 1.82) is 0 Å². The highest BCUT2D eigenvalue weighted by Crippen LogP contribution is 2.18. The van der Waals surface area contributed by atoms with E-state index in [0.29, 0.717) is 6.54 Å². The summed E-state index contributed by atoms with van der Waals surface area (Å²) in [5.41, 5.74) is 8.88. The molecule has 0 fully saturated rings. The lowest BCUT2D eigenvalue weighted by atomic mass is 10.2. The predicted molar refractivity (Wildman–Crippen MR) is 80.1 cm³/mol. The van der Waals surface area contributed by atoms with Gasteiger partial charge in [0.15, 0.2) is 0 Å². The van der Waals surface area contributed by atoms with Gasteiger partial charge in [-0.15, -0.1) is 0 Å². The van der Waals surface area contributed by atoms with Crippen LogP contribution in [0.4, 0.5) is 10.1 Å². The highest BCUT2D eigenvalue weighted by atomic mass is 19.1. The fourth-order valence-electron chi connectivity index (χ4n) is 2.16. The summed E-state index contributed by atoms with van der Waals surface area (Å²) in [5, 5.41) is 0. The third-order valence-corrected chi connectivity index (χ3v) is 3.13. The lowest BCUT2D eigenvalue weighted by molar-refractivity contribution is 0.627. The molecular formula is C16H20FN3. The van der Waals surface area contributed by atoms with E-state index in [1.165, 1.54) is 12.1 Å². The Morgan fingerprint density at radius 1 is 1.20 bits per heavy atom. The molecule has 20 heavy (non-hydrogen) atoms. The summed E-state index contributed by atoms with van der Waals surface area (Å²) in [6, 6.07) is 8.69. The van der Waals surface area contributed by atoms with Crippen LogP contribution in [-0.2, 0) is 6.54 Å². The van der Waals surface area contributed by atoms with Gasteiger partial charge in [-0.2, -0.15) is 0 Å². The van der Waals surface area contributed by atoms with Gasteiger partial charge in [-0.3, -0.25) is 4.98 Å². The molecule has 106 valence electrons. The van der Waals surface area contributed by atoms with Crippen LogP contribution in [0.25, 0.3) is 0 Å². The van der Waals surface area contributed by atoms with Crippen molar-refractivity contribution in [1.82, 2.24) is 4.98 Å². The number of nitrogens with zero attached hydrogens (tertiary/aromatic N) is 2. The summed E-state index contributed by atoms with van der Waals surface area (Å²) < 4.78 is 13.0. The van der Waals surface area contributed by atoms with Gasteiger partial charge in [0.1, 0.15) is 5.82 Å². The molecule has 4 heteroatoms. The second-order valence-electron chi connectivity index (χ2n) is 4.91. The number of halogens is 1. The highest BCUT2D eigenvalue weighted by molar-refractivity contribution is 5.46. The number of hydrogen-bond donors (Lipinski definition) is 1. The van der Waals surface area contributed by atoms with Gasteiger partial charge in [0.25, 0.3) is 0 Å². The van der Waals surface area contributed by atoms with Gasteiger partial charge in [0.05, 0.1) is 0 Å². The van der Waals surface area contributed by atoms with Crippen LogP contribution in [0.3, 0.4) is 0 Å². The van der Waals surface area contributed by atoms with Crippen LogP contribution in [-0.4, -0.2) is 18.1 Å². The van der Waals surface area contributed by atoms with Gasteiger partial charge < -0.3 is 10.6 Å². The minimum Gasteiger partial charge on any atom is -0.367 e. The van der Waals surface area contributed by atoms with Crippen LogP contribution in [0.5, 0.6) is 0 Å². The summed E-state index contributed by atoms with van der Waals surface area (Å²) in [4.78, 5) is 6.41. The SMILES string of the molecule is Cc1cncc(CN(CCCN)c2ccc(F)cc2)c1. The third-order valence-electron chi connectivity index (χ3n) is 3.13. The second kappa shape index (κ2) is 7.01. The average molecular weight is 273 g/mol. The Labute approximate surface area is 119 Å². The smallest absolute Gasteiger partial charge is 0.123 e. The second-order valence-corrected chi connectivity index (χ2v) is 4.91. The Hall–Kier alpha value is -1.94. The zero-order valence-electron chi connectivity index (χ0n) is 11.7. The van der Waals surface area contributed by atoms with Gasteiger partial charge >= 0.3 is 0 Å². The van der Waals surface area contributed by atoms with E-state index in [-0.39, 0.29) is 5.82 Å². The van der Waals surface area contributed by atoms with Crippen LogP contribution >= 0.6 is 0 Å². The maximum atomic E-state index is 13.0. The maximum absolute atomic E-state index is 13.0. The van der Waals surface area contributed by atoms with Crippen LogP contribution < -0.4 is 10.6 Å². The van der Waals surface area contributed by atoms with Crippen LogP contribution in [0.1, 0.15) is 17.5 Å². The van der Waals surface area contributed by atoms with Crippen molar-refractivity contribution >= 4 is 5.69 Å². The third kappa shape index (κ3) is 4.03. The van der Waals surface area contributed by atoms with E-state index in [1.807, 2.05) is 19.3 Å². The summed E-state index contributed by atoms with van der Waals surface area (Å²) in [7, 11) is 0. The molecule has 0 unspecified atom stereocenters. The molecular weight excluding hydrogens is 253 g/mol. The summed E-state index contributed by atoms with van der Waals surface area (Å²) in [6.45, 7) is 4.26. The molecule has 0 aliphatic rings. The molecule has 2 rings (SSSR count). The number of aromatic nitrogens is 1. The number of anilines is 1. The molecule has 0 aliphatic heterocycles. The standard InChI is InChI=1S/C16H20FN3/c1-13-9-14(11-19-10-13)12-20(8-2-7-18)16-5-3-15(17)4-6-16/h3-6,9-11H,2,7-8,12,18H2,1H3. The predicted octanol–water partition coefficient (Wildman–Crippen LogP) is 2.88. The van der Waals surface area contributed by atoms with Gasteiger partial charge in [-0.05, 0) is 55.3 Å². The quantitative estimate of drug-likeness (QED) is 0.880. The summed E-state index contributed by atoms with van der Waals surface area (Å²) in [6.07, 6.45) is 4.61. The van der Waals surface area contributed by atoms with Gasteiger partial charge in [-0.25, -0.2) is 4.39 Å². The van der Waals surface area contributed by atoms with Gasteiger partial charge in [0.2, 0.25) is 0 Å². The number of aryl methyl sites for hydroxylation is 1. The van der Waals surface area contributed by atoms with Crippen molar-refractivity contribution in [2.24, 2.45) is 5.73 Å². The lowest BCUT2D eigenvalue weighted by Gasteiger charge is -2.25. The van der Waals surface area contributed by atoms with E-state index in [4.69, 9.17) is 5.73 Å². The van der Waals surface area contributed by atoms with Gasteiger partial charge in [0, 0.05) is 31.2 Å². The molecule has 0 radical (unpaired) electrons. The molecule has 0 aliphatic carbocycles. The topological polar surface area (TPSA) is 42.2 Å². The fraction of sp³-hybridized carbons (Fsp3) is 0.312. The Morgan fingerprint density at radius 2 is 1.95 bits per heavy atom. The van der Waals surface area contributed by atoms with E-state index < -0.39 is 0 Å². The van der Waals surface area contributed by atoms with E-state index in [1.54, 1.807) is 12.1 Å². The molecule has 0 amide bonds. The first-order valence-corrected chi connectivity index (χ1v) is 6.80. The Morgan fingerprint density at radius 3 is 2.60 bits per heavy atom. The Kier molecular flexibility index (Phi) is 5.07. The number of nitrogens with two attached hydrogens (primary N) is 1. The van der Waals surface area contributed by atoms with Crippen molar-refractivity contribution < 1.29 is 4.39 Å². The average Bonchev–Trinajstić information content (AvgIpc) is 2.44. The van der Waals surface area contributed by atoms with E-state index >= 15 is 0 Å². The summed E-state index contributed by atoms with van der Waals surface area (Å²) in [5.74, 6) is -0.218. The molecule has 2 aromatic rings. The Bertz CT molecular complexity index is 540. The van der Waals surface area contributed by atoms with Crippen molar-refractivity contribution in [3.63, 3.8) is 0 Å². The minimum atomic E-state index is -0.218. The molecule has 1 aromatic heterocycles. The molecule has 0 saturated heterocycles. The van der Waals surface area contributed by atoms with Crippen LogP contribution in [0.15, 0.2) is 42.7 Å². The molecule has 0 atom stereocenters. The normalized spacial score (nSPS) is 10.6. The molecule has 1 heterocycles. The van der Waals surface area contributed by atoms with Crippen molar-refractivity contribution in [3.8, 4) is 0 Å². The number of hydrogen-bond acceptors (Lipinski definition) is 3. The zero-order chi connectivity index (χ0) is 14.4. The highest BCUT2D eigenvalue weighted by Gasteiger charge is 2.08. The molecule has 0 bridgehead atoms. The maximum Gasteiger partial charge on any atom is 0.123 e. The molecule has 1 aromatic carbocycles. The molecule has 0 saturated carbocycles. The minimum absolute atomic E-state index is 0.218. The molecule has 2 N–H and O–H groups in total. The molecule has 3 nitrogen and oxygen atoms in total. The van der Waals surface area contributed by atoms with Crippen LogP contribution in [0, 0.1) is 12.7 Å². The van der Waals surface area contributed by atoms with Crippen molar-refractivity contribution in [2.45, 2.75) is 19.9 Å². The monoisotopic (exact) mass is 273 g/mol.